The minimum atomic E-state index is 0.601. The Balaban J connectivity index is 2.51. The number of aryl methyl sites for hydroxylation is 1. The Morgan fingerprint density at radius 1 is 1.24 bits per heavy atom. The molecule has 1 heterocycles. The Hall–Kier alpha value is -2.25. The molecule has 1 aromatic heterocycles. The molecule has 2 rings (SSSR count). The van der Waals surface area contributed by atoms with Crippen molar-refractivity contribution in [2.45, 2.75) is 13.3 Å². The topological polar surface area (TPSA) is 42.3 Å². The van der Waals surface area contributed by atoms with Crippen LogP contribution in [0.2, 0.25) is 0 Å². The number of nitrogens with zero attached hydrogens (tertiary/aromatic N) is 2. The summed E-state index contributed by atoms with van der Waals surface area (Å²) in [4.78, 5) is 18.4. The predicted molar refractivity (Wildman–Crippen MR) is 66.8 cm³/mol. The normalized spacial score (nSPS) is 9.71. The fourth-order valence-electron chi connectivity index (χ4n) is 1.69. The van der Waals surface area contributed by atoms with Crippen molar-refractivity contribution in [1.82, 2.24) is 4.98 Å². The van der Waals surface area contributed by atoms with Crippen LogP contribution in [-0.4, -0.2) is 11.1 Å². The fourth-order valence-corrected chi connectivity index (χ4v) is 1.69. The molecule has 0 atom stereocenters. The van der Waals surface area contributed by atoms with Crippen molar-refractivity contribution >= 4 is 11.8 Å². The average molecular weight is 224 g/mol. The lowest BCUT2D eigenvalue weighted by molar-refractivity contribution is 0.565. The van der Waals surface area contributed by atoms with Crippen molar-refractivity contribution in [3.05, 3.63) is 48.3 Å². The summed E-state index contributed by atoms with van der Waals surface area (Å²) in [5.41, 5.74) is 3.43. The van der Waals surface area contributed by atoms with Gasteiger partial charge >= 0.3 is 0 Å². The van der Waals surface area contributed by atoms with Crippen molar-refractivity contribution in [3.63, 3.8) is 0 Å². The lowest BCUT2D eigenvalue weighted by atomic mass is 10.1. The Labute approximate surface area is 99.9 Å². The molecule has 0 saturated heterocycles. The number of carbonyl (C=O) groups excluding carboxylic acids is 1. The van der Waals surface area contributed by atoms with Crippen molar-refractivity contribution < 1.29 is 4.79 Å². The minimum absolute atomic E-state index is 0.601. The van der Waals surface area contributed by atoms with Gasteiger partial charge < -0.3 is 0 Å². The Bertz CT molecular complexity index is 558. The first-order valence-corrected chi connectivity index (χ1v) is 5.47. The van der Waals surface area contributed by atoms with Crippen LogP contribution in [0.15, 0.2) is 47.6 Å². The molecule has 84 valence electrons. The van der Waals surface area contributed by atoms with Crippen LogP contribution in [0, 0.1) is 0 Å². The van der Waals surface area contributed by atoms with E-state index >= 15 is 0 Å². The second-order valence-electron chi connectivity index (χ2n) is 3.61. The van der Waals surface area contributed by atoms with Crippen molar-refractivity contribution in [2.75, 3.05) is 0 Å². The molecule has 2 aromatic rings. The van der Waals surface area contributed by atoms with Gasteiger partial charge in [-0.15, -0.1) is 0 Å². The monoisotopic (exact) mass is 224 g/mol. The zero-order chi connectivity index (χ0) is 12.1. The maximum absolute atomic E-state index is 10.4. The lowest BCUT2D eigenvalue weighted by Crippen LogP contribution is -1.89. The summed E-state index contributed by atoms with van der Waals surface area (Å²) in [7, 11) is 0. The predicted octanol–water partition coefficient (Wildman–Crippen LogP) is 3.28. The standard InChI is InChI=1S/C14H12N2O/c1-2-13-14(16-10-17)8-12(9-15-13)11-6-4-3-5-7-11/h3-9H,2H2,1H3. The van der Waals surface area contributed by atoms with Gasteiger partial charge in [0.15, 0.2) is 0 Å². The van der Waals surface area contributed by atoms with E-state index in [1.807, 2.05) is 43.3 Å². The van der Waals surface area contributed by atoms with E-state index in [2.05, 4.69) is 9.98 Å². The van der Waals surface area contributed by atoms with E-state index in [4.69, 9.17) is 0 Å². The Kier molecular flexibility index (Phi) is 3.43. The molecule has 0 N–H and O–H groups in total. The van der Waals surface area contributed by atoms with Crippen molar-refractivity contribution in [1.29, 1.82) is 0 Å². The van der Waals surface area contributed by atoms with Crippen LogP contribution in [0.25, 0.3) is 11.1 Å². The second-order valence-corrected chi connectivity index (χ2v) is 3.61. The first kappa shape index (κ1) is 11.2. The Morgan fingerprint density at radius 2 is 2.00 bits per heavy atom. The zero-order valence-electron chi connectivity index (χ0n) is 9.55. The smallest absolute Gasteiger partial charge is 0.240 e. The molecule has 0 spiro atoms. The lowest BCUT2D eigenvalue weighted by Gasteiger charge is -2.05. The van der Waals surface area contributed by atoms with Crippen molar-refractivity contribution in [2.24, 2.45) is 4.99 Å². The van der Waals surface area contributed by atoms with E-state index in [1.165, 1.54) is 0 Å². The summed E-state index contributed by atoms with van der Waals surface area (Å²) in [6.07, 6.45) is 4.12. The number of hydrogen-bond donors (Lipinski definition) is 0. The molecule has 3 nitrogen and oxygen atoms in total. The van der Waals surface area contributed by atoms with Gasteiger partial charge in [-0.2, -0.15) is 4.99 Å². The second kappa shape index (κ2) is 5.19. The highest BCUT2D eigenvalue weighted by Crippen LogP contribution is 2.25. The maximum atomic E-state index is 10.4. The molecule has 0 radical (unpaired) electrons. The quantitative estimate of drug-likeness (QED) is 0.593. The molecular weight excluding hydrogens is 212 g/mol. The van der Waals surface area contributed by atoms with Crippen LogP contribution < -0.4 is 0 Å². The number of rotatable bonds is 3. The molecule has 3 heteroatoms. The molecule has 17 heavy (non-hydrogen) atoms. The molecule has 1 aromatic carbocycles. The van der Waals surface area contributed by atoms with E-state index in [0.29, 0.717) is 5.69 Å². The highest BCUT2D eigenvalue weighted by atomic mass is 16.1. The number of aliphatic imine (C=N–C) groups is 1. The Morgan fingerprint density at radius 3 is 2.65 bits per heavy atom. The van der Waals surface area contributed by atoms with Gasteiger partial charge in [-0.25, -0.2) is 4.79 Å². The fraction of sp³-hybridized carbons (Fsp3) is 0.143. The van der Waals surface area contributed by atoms with E-state index < -0.39 is 0 Å². The maximum Gasteiger partial charge on any atom is 0.240 e. The molecular formula is C14H12N2O. The average Bonchev–Trinajstić information content (AvgIpc) is 2.40. The van der Waals surface area contributed by atoms with Gasteiger partial charge in [0.1, 0.15) is 0 Å². The summed E-state index contributed by atoms with van der Waals surface area (Å²) in [6, 6.07) is 11.7. The van der Waals surface area contributed by atoms with E-state index in [1.54, 1.807) is 12.3 Å². The molecule has 0 bridgehead atoms. The third kappa shape index (κ3) is 2.47. The summed E-state index contributed by atoms with van der Waals surface area (Å²) >= 11 is 0. The number of hydrogen-bond acceptors (Lipinski definition) is 3. The van der Waals surface area contributed by atoms with Crippen LogP contribution in [0.3, 0.4) is 0 Å². The number of aromatic nitrogens is 1. The number of isocyanates is 1. The highest BCUT2D eigenvalue weighted by Gasteiger charge is 2.04. The van der Waals surface area contributed by atoms with Crippen LogP contribution in [0.1, 0.15) is 12.6 Å². The van der Waals surface area contributed by atoms with Gasteiger partial charge in [-0.3, -0.25) is 4.98 Å². The van der Waals surface area contributed by atoms with Crippen LogP contribution in [0.4, 0.5) is 5.69 Å². The molecule has 0 unspecified atom stereocenters. The number of pyridine rings is 1. The summed E-state index contributed by atoms with van der Waals surface area (Å²) < 4.78 is 0. The highest BCUT2D eigenvalue weighted by molar-refractivity contribution is 5.67. The molecule has 0 fully saturated rings. The van der Waals surface area contributed by atoms with Crippen LogP contribution >= 0.6 is 0 Å². The minimum Gasteiger partial charge on any atom is -0.258 e. The summed E-state index contributed by atoms with van der Waals surface area (Å²) in [6.45, 7) is 1.98. The largest absolute Gasteiger partial charge is 0.258 e. The third-order valence-electron chi connectivity index (χ3n) is 2.56. The summed E-state index contributed by atoms with van der Waals surface area (Å²) in [5.74, 6) is 0. The molecule has 0 aliphatic carbocycles. The summed E-state index contributed by atoms with van der Waals surface area (Å²) in [5, 5.41) is 0. The first-order chi connectivity index (χ1) is 8.35. The molecule has 0 amide bonds. The third-order valence-corrected chi connectivity index (χ3v) is 2.56. The molecule has 0 aliphatic heterocycles. The van der Waals surface area contributed by atoms with Crippen LogP contribution in [-0.2, 0) is 11.2 Å². The van der Waals surface area contributed by atoms with Gasteiger partial charge in [-0.05, 0) is 18.1 Å². The van der Waals surface area contributed by atoms with Gasteiger partial charge in [0.05, 0.1) is 11.4 Å². The SMILES string of the molecule is CCc1ncc(-c2ccccc2)cc1N=C=O. The molecule has 0 saturated carbocycles. The van der Waals surface area contributed by atoms with Gasteiger partial charge in [-0.1, -0.05) is 37.3 Å². The molecule has 0 aliphatic rings. The van der Waals surface area contributed by atoms with Gasteiger partial charge in [0.2, 0.25) is 6.08 Å². The zero-order valence-corrected chi connectivity index (χ0v) is 9.55. The number of benzene rings is 1. The van der Waals surface area contributed by atoms with Crippen molar-refractivity contribution in [3.8, 4) is 11.1 Å². The van der Waals surface area contributed by atoms with Gasteiger partial charge in [0, 0.05) is 11.8 Å². The van der Waals surface area contributed by atoms with E-state index in [-0.39, 0.29) is 0 Å². The van der Waals surface area contributed by atoms with Crippen LogP contribution in [0.5, 0.6) is 0 Å². The van der Waals surface area contributed by atoms with Gasteiger partial charge in [0.25, 0.3) is 0 Å². The van der Waals surface area contributed by atoms with E-state index in [0.717, 1.165) is 23.2 Å². The first-order valence-electron chi connectivity index (χ1n) is 5.47. The van der Waals surface area contributed by atoms with E-state index in [9.17, 15) is 4.79 Å².